The lowest BCUT2D eigenvalue weighted by Crippen LogP contribution is -2.49. The second-order valence-electron chi connectivity index (χ2n) is 5.84. The van der Waals surface area contributed by atoms with Crippen molar-refractivity contribution in [3.8, 4) is 0 Å². The van der Waals surface area contributed by atoms with Crippen molar-refractivity contribution in [2.45, 2.75) is 45.0 Å². The topological polar surface area (TPSA) is 79.9 Å². The first kappa shape index (κ1) is 13.4. The Balaban J connectivity index is 2.14. The van der Waals surface area contributed by atoms with Gasteiger partial charge in [-0.25, -0.2) is 4.79 Å². The molecule has 1 aromatic rings. The Kier molecular flexibility index (Phi) is 2.99. The van der Waals surface area contributed by atoms with Crippen molar-refractivity contribution < 1.29 is 24.2 Å². The molecule has 1 aromatic heterocycles. The summed E-state index contributed by atoms with van der Waals surface area (Å²) in [5.41, 5.74) is 1.53. The number of aliphatic hydroxyl groups excluding tert-OH is 2. The van der Waals surface area contributed by atoms with Gasteiger partial charge in [0.25, 0.3) is 0 Å². The lowest BCUT2D eigenvalue weighted by atomic mass is 9.63. The minimum Gasteiger partial charge on any atom is -0.472 e. The van der Waals surface area contributed by atoms with Crippen LogP contribution in [0.3, 0.4) is 0 Å². The Morgan fingerprint density at radius 1 is 1.40 bits per heavy atom. The third-order valence-corrected chi connectivity index (χ3v) is 4.63. The van der Waals surface area contributed by atoms with Gasteiger partial charge in [-0.2, -0.15) is 0 Å². The Labute approximate surface area is 116 Å². The predicted molar refractivity (Wildman–Crippen MR) is 69.6 cm³/mol. The van der Waals surface area contributed by atoms with E-state index in [0.717, 1.165) is 5.56 Å². The van der Waals surface area contributed by atoms with E-state index >= 15 is 0 Å². The number of rotatable bonds is 1. The molecule has 0 bridgehead atoms. The fraction of sp³-hybridized carbons (Fsp3) is 0.533. The van der Waals surface area contributed by atoms with Crippen LogP contribution in [0.4, 0.5) is 0 Å². The van der Waals surface area contributed by atoms with E-state index in [1.54, 1.807) is 19.3 Å². The summed E-state index contributed by atoms with van der Waals surface area (Å²) in [6.45, 7) is 3.73. The number of carbonyl (C=O) groups is 1. The number of esters is 1. The van der Waals surface area contributed by atoms with Crippen LogP contribution in [0, 0.1) is 5.41 Å². The zero-order chi connectivity index (χ0) is 14.5. The average Bonchev–Trinajstić information content (AvgIpc) is 2.93. The molecule has 0 aromatic carbocycles. The summed E-state index contributed by atoms with van der Waals surface area (Å²) in [7, 11) is 0. The van der Waals surface area contributed by atoms with E-state index in [2.05, 4.69) is 0 Å². The van der Waals surface area contributed by atoms with E-state index in [1.807, 2.05) is 6.92 Å². The van der Waals surface area contributed by atoms with Crippen LogP contribution in [0.2, 0.25) is 0 Å². The van der Waals surface area contributed by atoms with Crippen molar-refractivity contribution in [2.75, 3.05) is 0 Å². The lowest BCUT2D eigenvalue weighted by molar-refractivity contribution is -0.174. The molecule has 5 nitrogen and oxygen atoms in total. The predicted octanol–water partition coefficient (Wildman–Crippen LogP) is 1.72. The molecule has 0 spiro atoms. The third-order valence-electron chi connectivity index (χ3n) is 4.63. The first-order chi connectivity index (χ1) is 9.45. The van der Waals surface area contributed by atoms with Gasteiger partial charge in [0.2, 0.25) is 0 Å². The molecule has 1 aliphatic carbocycles. The van der Waals surface area contributed by atoms with E-state index in [4.69, 9.17) is 9.15 Å². The second kappa shape index (κ2) is 4.46. The molecule has 1 aliphatic heterocycles. The summed E-state index contributed by atoms with van der Waals surface area (Å²) in [6.07, 6.45) is 1.92. The van der Waals surface area contributed by atoms with Gasteiger partial charge in [-0.3, -0.25) is 0 Å². The summed E-state index contributed by atoms with van der Waals surface area (Å²) in [4.78, 5) is 11.9. The number of aliphatic hydroxyl groups is 2. The average molecular weight is 278 g/mol. The van der Waals surface area contributed by atoms with Crippen molar-refractivity contribution in [1.82, 2.24) is 0 Å². The normalized spacial score (nSPS) is 37.6. The Morgan fingerprint density at radius 2 is 2.15 bits per heavy atom. The summed E-state index contributed by atoms with van der Waals surface area (Å²) >= 11 is 0. The van der Waals surface area contributed by atoms with E-state index in [1.165, 1.54) is 6.26 Å². The molecule has 3 rings (SSSR count). The number of fused-ring (bicyclic) bond motifs is 1. The van der Waals surface area contributed by atoms with Crippen molar-refractivity contribution in [3.05, 3.63) is 35.3 Å². The molecule has 2 aliphatic rings. The molecular formula is C15H18O5. The van der Waals surface area contributed by atoms with Gasteiger partial charge in [0.15, 0.2) is 6.10 Å². The highest BCUT2D eigenvalue weighted by Crippen LogP contribution is 2.54. The minimum absolute atomic E-state index is 0.491. The number of carbonyl (C=O) groups excluding carboxylic acids is 1. The van der Waals surface area contributed by atoms with Crippen LogP contribution >= 0.6 is 0 Å². The monoisotopic (exact) mass is 278 g/mol. The van der Waals surface area contributed by atoms with E-state index in [-0.39, 0.29) is 0 Å². The zero-order valence-electron chi connectivity index (χ0n) is 11.5. The summed E-state index contributed by atoms with van der Waals surface area (Å²) in [6, 6.07) is 1.76. The molecule has 1 fully saturated rings. The SMILES string of the molecule is CC1=C2[C@H](O)C(=O)O[C@H](c3ccoc3)[C@@]2(C)CC[C@@H]1O. The third kappa shape index (κ3) is 1.73. The van der Waals surface area contributed by atoms with Crippen molar-refractivity contribution >= 4 is 5.97 Å². The van der Waals surface area contributed by atoms with Crippen LogP contribution < -0.4 is 0 Å². The van der Waals surface area contributed by atoms with Gasteiger partial charge >= 0.3 is 5.97 Å². The molecule has 0 amide bonds. The van der Waals surface area contributed by atoms with Crippen LogP contribution in [0.1, 0.15) is 38.4 Å². The maximum atomic E-state index is 11.9. The number of hydrogen-bond acceptors (Lipinski definition) is 5. The molecule has 1 saturated heterocycles. The molecule has 0 radical (unpaired) electrons. The summed E-state index contributed by atoms with van der Waals surface area (Å²) < 4.78 is 10.5. The van der Waals surface area contributed by atoms with Gasteiger partial charge in [-0.15, -0.1) is 0 Å². The Hall–Kier alpha value is -1.59. The van der Waals surface area contributed by atoms with Crippen molar-refractivity contribution in [1.29, 1.82) is 0 Å². The molecule has 5 heteroatoms. The first-order valence-corrected chi connectivity index (χ1v) is 6.75. The van der Waals surface area contributed by atoms with E-state index in [9.17, 15) is 15.0 Å². The van der Waals surface area contributed by atoms with E-state index in [0.29, 0.717) is 24.0 Å². The maximum absolute atomic E-state index is 11.9. The number of furan rings is 1. The zero-order valence-corrected chi connectivity index (χ0v) is 11.5. The standard InChI is InChI=1S/C15H18O5/c1-8-10(16)3-5-15(2)11(8)12(17)14(18)20-13(15)9-4-6-19-7-9/h4,6-7,10,12-13,16-17H,3,5H2,1-2H3/t10-,12-,13+,15-/m0/s1. The summed E-state index contributed by atoms with van der Waals surface area (Å²) in [5, 5.41) is 20.2. The molecule has 0 unspecified atom stereocenters. The van der Waals surface area contributed by atoms with Crippen molar-refractivity contribution in [3.63, 3.8) is 0 Å². The van der Waals surface area contributed by atoms with Gasteiger partial charge in [-0.05, 0) is 37.0 Å². The van der Waals surface area contributed by atoms with Crippen LogP contribution in [-0.2, 0) is 9.53 Å². The van der Waals surface area contributed by atoms with E-state index < -0.39 is 29.7 Å². The number of cyclic esters (lactones) is 1. The van der Waals surface area contributed by atoms with Crippen molar-refractivity contribution in [2.24, 2.45) is 5.41 Å². The maximum Gasteiger partial charge on any atom is 0.339 e. The van der Waals surface area contributed by atoms with Crippen LogP contribution in [0.25, 0.3) is 0 Å². The molecule has 0 saturated carbocycles. The quantitative estimate of drug-likeness (QED) is 0.604. The van der Waals surface area contributed by atoms with Gasteiger partial charge in [0.1, 0.15) is 6.10 Å². The first-order valence-electron chi connectivity index (χ1n) is 6.75. The molecule has 2 heterocycles. The highest BCUT2D eigenvalue weighted by Gasteiger charge is 2.53. The fourth-order valence-electron chi connectivity index (χ4n) is 3.51. The highest BCUT2D eigenvalue weighted by molar-refractivity contribution is 5.81. The second-order valence-corrected chi connectivity index (χ2v) is 5.84. The van der Waals surface area contributed by atoms with Gasteiger partial charge in [0.05, 0.1) is 18.6 Å². The van der Waals surface area contributed by atoms with Gasteiger partial charge in [-0.1, -0.05) is 6.92 Å². The Bertz CT molecular complexity index is 559. The molecule has 20 heavy (non-hydrogen) atoms. The largest absolute Gasteiger partial charge is 0.472 e. The molecule has 4 atom stereocenters. The smallest absolute Gasteiger partial charge is 0.339 e. The highest BCUT2D eigenvalue weighted by atomic mass is 16.6. The van der Waals surface area contributed by atoms with Gasteiger partial charge in [0, 0.05) is 11.0 Å². The van der Waals surface area contributed by atoms with Crippen LogP contribution in [0.15, 0.2) is 34.2 Å². The Morgan fingerprint density at radius 3 is 2.80 bits per heavy atom. The number of ether oxygens (including phenoxy) is 1. The summed E-state index contributed by atoms with van der Waals surface area (Å²) in [5.74, 6) is -0.669. The van der Waals surface area contributed by atoms with Gasteiger partial charge < -0.3 is 19.4 Å². The van der Waals surface area contributed by atoms with Crippen LogP contribution in [0.5, 0.6) is 0 Å². The molecule has 108 valence electrons. The fourth-order valence-corrected chi connectivity index (χ4v) is 3.51. The number of hydrogen-bond donors (Lipinski definition) is 2. The molecule has 2 N–H and O–H groups in total. The minimum atomic E-state index is -1.29. The lowest BCUT2D eigenvalue weighted by Gasteiger charge is -2.48. The van der Waals surface area contributed by atoms with Crippen LogP contribution in [-0.4, -0.2) is 28.4 Å². The molecular weight excluding hydrogens is 260 g/mol.